The van der Waals surface area contributed by atoms with Crippen LogP contribution in [0.2, 0.25) is 0 Å². The third kappa shape index (κ3) is 5.21. The van der Waals surface area contributed by atoms with Gasteiger partial charge in [-0.2, -0.15) is 5.10 Å². The van der Waals surface area contributed by atoms with Crippen molar-refractivity contribution in [3.63, 3.8) is 0 Å². The van der Waals surface area contributed by atoms with E-state index in [9.17, 15) is 9.59 Å². The van der Waals surface area contributed by atoms with E-state index in [1.165, 1.54) is 16.2 Å². The topological polar surface area (TPSA) is 80.1 Å². The van der Waals surface area contributed by atoms with Crippen molar-refractivity contribution in [2.75, 3.05) is 19.6 Å². The highest BCUT2D eigenvalue weighted by Gasteiger charge is 2.28. The van der Waals surface area contributed by atoms with Gasteiger partial charge in [-0.1, -0.05) is 24.3 Å². The first-order chi connectivity index (χ1) is 17.1. The lowest BCUT2D eigenvalue weighted by Gasteiger charge is -2.31. The third-order valence-corrected chi connectivity index (χ3v) is 8.31. The van der Waals surface area contributed by atoms with E-state index in [-0.39, 0.29) is 17.7 Å². The van der Waals surface area contributed by atoms with Crippen LogP contribution in [0.1, 0.15) is 55.2 Å². The Morgan fingerprint density at radius 3 is 2.63 bits per heavy atom. The van der Waals surface area contributed by atoms with Crippen LogP contribution in [0.5, 0.6) is 0 Å². The number of rotatable bonds is 7. The summed E-state index contributed by atoms with van der Waals surface area (Å²) in [4.78, 5) is 33.5. The Morgan fingerprint density at radius 1 is 1.09 bits per heavy atom. The fraction of sp³-hybridized carbons (Fsp3) is 0.308. The average molecular weight is 506 g/mol. The van der Waals surface area contributed by atoms with Crippen molar-refractivity contribution in [2.45, 2.75) is 32.1 Å². The lowest BCUT2D eigenvalue weighted by molar-refractivity contribution is 0.0712. The molecule has 1 N–H and O–H groups in total. The number of carbonyl (C=O) groups is 2. The number of nitrogens with one attached hydrogen (secondary N) is 1. The number of carbonyl (C=O) groups excluding carboxylic acids is 2. The van der Waals surface area contributed by atoms with Gasteiger partial charge in [0.15, 0.2) is 0 Å². The molecule has 0 aliphatic carbocycles. The second-order valence-electron chi connectivity index (χ2n) is 8.61. The number of thiophene rings is 1. The zero-order chi connectivity index (χ0) is 24.2. The molecular weight excluding hydrogens is 478 g/mol. The monoisotopic (exact) mass is 505 g/mol. The van der Waals surface area contributed by atoms with E-state index in [0.717, 1.165) is 35.7 Å². The van der Waals surface area contributed by atoms with E-state index in [2.05, 4.69) is 21.5 Å². The maximum atomic E-state index is 13.2. The fourth-order valence-corrected chi connectivity index (χ4v) is 6.05. The quantitative estimate of drug-likeness (QED) is 0.395. The minimum Gasteiger partial charge on any atom is -0.350 e. The highest BCUT2D eigenvalue weighted by Crippen LogP contribution is 2.31. The first-order valence-electron chi connectivity index (χ1n) is 11.8. The summed E-state index contributed by atoms with van der Waals surface area (Å²) in [6, 6.07) is 13.9. The van der Waals surface area contributed by atoms with Crippen LogP contribution in [0.15, 0.2) is 59.4 Å². The van der Waals surface area contributed by atoms with E-state index in [1.54, 1.807) is 17.5 Å². The predicted octanol–water partition coefficient (Wildman–Crippen LogP) is 4.69. The lowest BCUT2D eigenvalue weighted by Crippen LogP contribution is -2.38. The molecule has 1 aliphatic heterocycles. The van der Waals surface area contributed by atoms with E-state index in [1.807, 2.05) is 63.7 Å². The number of nitrogens with zero attached hydrogens (tertiary/aromatic N) is 4. The minimum absolute atomic E-state index is 0.0214. The second kappa shape index (κ2) is 10.5. The Balaban J connectivity index is 1.15. The van der Waals surface area contributed by atoms with Gasteiger partial charge in [0.25, 0.3) is 11.8 Å². The number of para-hydroxylation sites is 1. The van der Waals surface area contributed by atoms with Crippen LogP contribution in [0.25, 0.3) is 5.69 Å². The molecule has 4 aromatic rings. The molecule has 0 atom stereocenters. The first-order valence-corrected chi connectivity index (χ1v) is 13.5. The SMILES string of the molecule is Cc1c(C(=O)N2CCC(c3nc(C(=O)NCCc4cccs4)cs3)CC2)cnn1-c1ccccc1. The summed E-state index contributed by atoms with van der Waals surface area (Å²) < 4.78 is 1.81. The Labute approximate surface area is 212 Å². The molecule has 2 amide bonds. The average Bonchev–Trinajstić information content (AvgIpc) is 3.66. The van der Waals surface area contributed by atoms with Crippen molar-refractivity contribution in [1.82, 2.24) is 25.0 Å². The van der Waals surface area contributed by atoms with Crippen molar-refractivity contribution in [3.05, 3.63) is 86.3 Å². The Kier molecular flexibility index (Phi) is 7.06. The van der Waals surface area contributed by atoms with Crippen LogP contribution in [-0.4, -0.2) is 51.1 Å². The summed E-state index contributed by atoms with van der Waals surface area (Å²) in [6.45, 7) is 3.87. The third-order valence-electron chi connectivity index (χ3n) is 6.36. The summed E-state index contributed by atoms with van der Waals surface area (Å²) in [5.41, 5.74) is 2.91. The molecule has 1 aliphatic rings. The van der Waals surface area contributed by atoms with Crippen LogP contribution in [-0.2, 0) is 6.42 Å². The summed E-state index contributed by atoms with van der Waals surface area (Å²) in [5.74, 6) is 0.167. The van der Waals surface area contributed by atoms with Gasteiger partial charge in [-0.05, 0) is 49.8 Å². The van der Waals surface area contributed by atoms with Crippen LogP contribution < -0.4 is 5.32 Å². The summed E-state index contributed by atoms with van der Waals surface area (Å²) in [7, 11) is 0. The molecule has 9 heteroatoms. The highest BCUT2D eigenvalue weighted by atomic mass is 32.1. The Morgan fingerprint density at radius 2 is 1.89 bits per heavy atom. The van der Waals surface area contributed by atoms with Crippen molar-refractivity contribution >= 4 is 34.5 Å². The van der Waals surface area contributed by atoms with Crippen LogP contribution in [0.4, 0.5) is 0 Å². The maximum Gasteiger partial charge on any atom is 0.270 e. The summed E-state index contributed by atoms with van der Waals surface area (Å²) >= 11 is 3.24. The fourth-order valence-electron chi connectivity index (χ4n) is 4.37. The van der Waals surface area contributed by atoms with Crippen molar-refractivity contribution in [1.29, 1.82) is 0 Å². The number of aromatic nitrogens is 3. The van der Waals surface area contributed by atoms with Gasteiger partial charge < -0.3 is 10.2 Å². The van der Waals surface area contributed by atoms with Gasteiger partial charge in [0.1, 0.15) is 5.69 Å². The molecule has 180 valence electrons. The lowest BCUT2D eigenvalue weighted by atomic mass is 9.97. The molecule has 35 heavy (non-hydrogen) atoms. The number of hydrogen-bond acceptors (Lipinski definition) is 6. The van der Waals surface area contributed by atoms with E-state index >= 15 is 0 Å². The second-order valence-corrected chi connectivity index (χ2v) is 10.5. The molecule has 0 saturated carbocycles. The van der Waals surface area contributed by atoms with Gasteiger partial charge in [-0.3, -0.25) is 9.59 Å². The largest absolute Gasteiger partial charge is 0.350 e. The highest BCUT2D eigenvalue weighted by molar-refractivity contribution is 7.10. The predicted molar refractivity (Wildman–Crippen MR) is 139 cm³/mol. The molecule has 0 radical (unpaired) electrons. The van der Waals surface area contributed by atoms with Crippen molar-refractivity contribution in [3.8, 4) is 5.69 Å². The molecule has 0 unspecified atom stereocenters. The molecule has 1 fully saturated rings. The smallest absolute Gasteiger partial charge is 0.270 e. The normalized spacial score (nSPS) is 14.3. The van der Waals surface area contributed by atoms with Crippen molar-refractivity contribution < 1.29 is 9.59 Å². The van der Waals surface area contributed by atoms with Crippen LogP contribution in [0, 0.1) is 6.92 Å². The Bertz CT molecular complexity index is 1290. The van der Waals surface area contributed by atoms with Gasteiger partial charge >= 0.3 is 0 Å². The zero-order valence-corrected chi connectivity index (χ0v) is 21.1. The molecule has 0 bridgehead atoms. The summed E-state index contributed by atoms with van der Waals surface area (Å²) in [5, 5.41) is 12.3. The van der Waals surface area contributed by atoms with Crippen LogP contribution >= 0.6 is 22.7 Å². The Hall–Kier alpha value is -3.30. The number of likely N-dealkylation sites (tertiary alicyclic amines) is 1. The summed E-state index contributed by atoms with van der Waals surface area (Å²) in [6.07, 6.45) is 4.17. The van der Waals surface area contributed by atoms with Gasteiger partial charge in [-0.15, -0.1) is 22.7 Å². The van der Waals surface area contributed by atoms with Gasteiger partial charge in [-0.25, -0.2) is 9.67 Å². The minimum atomic E-state index is -0.123. The zero-order valence-electron chi connectivity index (χ0n) is 19.5. The van der Waals surface area contributed by atoms with Crippen LogP contribution in [0.3, 0.4) is 0 Å². The number of amides is 2. The molecule has 7 nitrogen and oxygen atoms in total. The number of piperidine rings is 1. The molecular formula is C26H27N5O2S2. The first kappa shape index (κ1) is 23.4. The molecule has 1 aromatic carbocycles. The maximum absolute atomic E-state index is 13.2. The molecule has 3 aromatic heterocycles. The molecule has 0 spiro atoms. The van der Waals surface area contributed by atoms with Gasteiger partial charge in [0, 0.05) is 35.8 Å². The van der Waals surface area contributed by atoms with E-state index in [0.29, 0.717) is 30.9 Å². The van der Waals surface area contributed by atoms with Crippen molar-refractivity contribution in [2.24, 2.45) is 0 Å². The standard InChI is InChI=1S/C26H27N5O2S2/c1-18-22(16-28-31(18)20-6-3-2-4-7-20)26(33)30-13-10-19(11-14-30)25-29-23(17-35-25)24(32)27-12-9-21-8-5-15-34-21/h2-8,15-17,19H,9-14H2,1H3,(H,27,32). The molecule has 4 heterocycles. The number of hydrogen-bond donors (Lipinski definition) is 1. The van der Waals surface area contributed by atoms with E-state index in [4.69, 9.17) is 0 Å². The van der Waals surface area contributed by atoms with Gasteiger partial charge in [0.2, 0.25) is 0 Å². The number of benzene rings is 1. The van der Waals surface area contributed by atoms with Gasteiger partial charge in [0.05, 0.1) is 28.1 Å². The van der Waals surface area contributed by atoms with E-state index < -0.39 is 0 Å². The molecule has 5 rings (SSSR count). The molecule has 1 saturated heterocycles. The number of thiazole rings is 1.